The second kappa shape index (κ2) is 9.40. The Morgan fingerprint density at radius 1 is 1.16 bits per heavy atom. The number of hydrogen-bond donors (Lipinski definition) is 0. The van der Waals surface area contributed by atoms with Crippen molar-refractivity contribution in [3.63, 3.8) is 0 Å². The second-order valence-corrected chi connectivity index (χ2v) is 7.60. The van der Waals surface area contributed by atoms with Gasteiger partial charge in [-0.25, -0.2) is 9.18 Å². The molecule has 1 atom stereocenters. The minimum absolute atomic E-state index is 0.0783. The van der Waals surface area contributed by atoms with Gasteiger partial charge in [0.1, 0.15) is 11.9 Å². The number of rotatable bonds is 5. The smallest absolute Gasteiger partial charge is 0.327 e. The molecule has 2 aromatic carbocycles. The van der Waals surface area contributed by atoms with Gasteiger partial charge in [0.25, 0.3) is 11.6 Å². The molecule has 164 valence electrons. The van der Waals surface area contributed by atoms with E-state index in [0.29, 0.717) is 23.7 Å². The number of piperazine rings is 1. The number of amides is 1. The van der Waals surface area contributed by atoms with Crippen LogP contribution in [-0.2, 0) is 9.53 Å². The molecule has 3 rings (SSSR count). The number of ether oxygens (including phenoxy) is 1. The van der Waals surface area contributed by atoms with Crippen molar-refractivity contribution in [2.75, 3.05) is 33.3 Å². The quantitative estimate of drug-likeness (QED) is 0.395. The predicted molar refractivity (Wildman–Crippen MR) is 111 cm³/mol. The van der Waals surface area contributed by atoms with E-state index in [1.165, 1.54) is 18.9 Å². The molecule has 0 aromatic heterocycles. The maximum Gasteiger partial charge on any atom is 0.327 e. The van der Waals surface area contributed by atoms with Crippen LogP contribution in [0.1, 0.15) is 27.5 Å². The lowest BCUT2D eigenvalue weighted by molar-refractivity contribution is -0.385. The number of hydrogen-bond acceptors (Lipinski definition) is 6. The Labute approximate surface area is 183 Å². The molecule has 1 fully saturated rings. The summed E-state index contributed by atoms with van der Waals surface area (Å²) >= 11 is 5.94. The van der Waals surface area contributed by atoms with Crippen LogP contribution >= 0.6 is 11.6 Å². The summed E-state index contributed by atoms with van der Waals surface area (Å²) < 4.78 is 19.0. The number of nitro groups is 1. The average Bonchev–Trinajstić information content (AvgIpc) is 2.76. The van der Waals surface area contributed by atoms with Gasteiger partial charge in [-0.15, -0.1) is 0 Å². The lowest BCUT2D eigenvalue weighted by Gasteiger charge is -2.38. The molecule has 0 saturated carbocycles. The summed E-state index contributed by atoms with van der Waals surface area (Å²) in [5.74, 6) is -1.73. The molecule has 8 nitrogen and oxygen atoms in total. The Morgan fingerprint density at radius 2 is 1.77 bits per heavy atom. The molecule has 0 bridgehead atoms. The summed E-state index contributed by atoms with van der Waals surface area (Å²) in [4.78, 5) is 39.1. The van der Waals surface area contributed by atoms with Crippen molar-refractivity contribution in [1.29, 1.82) is 0 Å². The van der Waals surface area contributed by atoms with E-state index in [1.54, 1.807) is 24.3 Å². The summed E-state index contributed by atoms with van der Waals surface area (Å²) in [6.07, 6.45) is 0. The van der Waals surface area contributed by atoms with Crippen molar-refractivity contribution >= 4 is 29.2 Å². The standard InChI is InChI=1S/C21H21ClFN3O5/c1-13-17(23)11-15(12-18(13)26(29)30)20(27)25-9-7-24(8-10-25)19(21(28)31-2)14-3-5-16(22)6-4-14/h3-6,11-12,19H,7-10H2,1-2H3. The van der Waals surface area contributed by atoms with Gasteiger partial charge in [-0.05, 0) is 30.7 Å². The van der Waals surface area contributed by atoms with E-state index in [9.17, 15) is 24.1 Å². The number of methoxy groups -OCH3 is 1. The summed E-state index contributed by atoms with van der Waals surface area (Å²) in [7, 11) is 1.31. The summed E-state index contributed by atoms with van der Waals surface area (Å²) in [5.41, 5.74) is 0.0865. The van der Waals surface area contributed by atoms with E-state index < -0.39 is 34.3 Å². The molecule has 1 heterocycles. The molecule has 0 spiro atoms. The number of nitrogens with zero attached hydrogens (tertiary/aromatic N) is 3. The van der Waals surface area contributed by atoms with Crippen LogP contribution in [0.15, 0.2) is 36.4 Å². The van der Waals surface area contributed by atoms with Crippen LogP contribution in [0.2, 0.25) is 5.02 Å². The first kappa shape index (κ1) is 22.6. The van der Waals surface area contributed by atoms with Crippen LogP contribution in [0.5, 0.6) is 0 Å². The van der Waals surface area contributed by atoms with E-state index >= 15 is 0 Å². The van der Waals surface area contributed by atoms with E-state index in [2.05, 4.69) is 0 Å². The number of halogens is 2. The molecule has 1 amide bonds. The monoisotopic (exact) mass is 449 g/mol. The lowest BCUT2D eigenvalue weighted by atomic mass is 10.0. The fourth-order valence-corrected chi connectivity index (χ4v) is 3.72. The van der Waals surface area contributed by atoms with Gasteiger partial charge < -0.3 is 9.64 Å². The zero-order chi connectivity index (χ0) is 22.7. The first-order valence-corrected chi connectivity index (χ1v) is 9.92. The van der Waals surface area contributed by atoms with E-state index in [1.807, 2.05) is 4.90 Å². The molecular formula is C21H21ClFN3O5. The molecule has 1 unspecified atom stereocenters. The molecule has 1 aliphatic heterocycles. The third kappa shape index (κ3) is 4.83. The Morgan fingerprint density at radius 3 is 2.32 bits per heavy atom. The van der Waals surface area contributed by atoms with E-state index in [0.717, 1.165) is 12.1 Å². The Balaban J connectivity index is 1.76. The fourth-order valence-electron chi connectivity index (χ4n) is 3.60. The van der Waals surface area contributed by atoms with Gasteiger partial charge in [-0.1, -0.05) is 23.7 Å². The molecule has 1 aliphatic rings. The van der Waals surface area contributed by atoms with Crippen LogP contribution in [0.25, 0.3) is 0 Å². The maximum absolute atomic E-state index is 14.1. The van der Waals surface area contributed by atoms with Gasteiger partial charge in [0.15, 0.2) is 0 Å². The summed E-state index contributed by atoms with van der Waals surface area (Å²) in [6, 6.07) is 8.32. The molecule has 2 aromatic rings. The molecule has 0 N–H and O–H groups in total. The minimum Gasteiger partial charge on any atom is -0.468 e. The van der Waals surface area contributed by atoms with Crippen LogP contribution in [-0.4, -0.2) is 59.9 Å². The highest BCUT2D eigenvalue weighted by Gasteiger charge is 2.33. The highest BCUT2D eigenvalue weighted by atomic mass is 35.5. The lowest BCUT2D eigenvalue weighted by Crippen LogP contribution is -2.51. The van der Waals surface area contributed by atoms with Crippen molar-refractivity contribution in [1.82, 2.24) is 9.80 Å². The SMILES string of the molecule is COC(=O)C(c1ccc(Cl)cc1)N1CCN(C(=O)c2cc(F)c(C)c([N+](=O)[O-])c2)CC1. The summed E-state index contributed by atoms with van der Waals surface area (Å²) in [6.45, 7) is 2.56. The zero-order valence-corrected chi connectivity index (χ0v) is 17.8. The largest absolute Gasteiger partial charge is 0.468 e. The second-order valence-electron chi connectivity index (χ2n) is 7.16. The summed E-state index contributed by atoms with van der Waals surface area (Å²) in [5, 5.41) is 11.7. The number of carbonyl (C=O) groups is 2. The topological polar surface area (TPSA) is 93.0 Å². The molecular weight excluding hydrogens is 429 g/mol. The van der Waals surface area contributed by atoms with Crippen molar-refractivity contribution in [3.8, 4) is 0 Å². The van der Waals surface area contributed by atoms with Crippen molar-refractivity contribution in [3.05, 3.63) is 74.0 Å². The number of benzene rings is 2. The Kier molecular flexibility index (Phi) is 6.87. The van der Waals surface area contributed by atoms with Crippen molar-refractivity contribution in [2.24, 2.45) is 0 Å². The van der Waals surface area contributed by atoms with Gasteiger partial charge in [0.2, 0.25) is 0 Å². The number of esters is 1. The van der Waals surface area contributed by atoms with Crippen LogP contribution < -0.4 is 0 Å². The van der Waals surface area contributed by atoms with Gasteiger partial charge >= 0.3 is 5.97 Å². The molecule has 0 aliphatic carbocycles. The predicted octanol–water partition coefficient (Wildman–Crippen LogP) is 3.37. The fraction of sp³-hybridized carbons (Fsp3) is 0.333. The zero-order valence-electron chi connectivity index (χ0n) is 17.0. The highest BCUT2D eigenvalue weighted by molar-refractivity contribution is 6.30. The van der Waals surface area contributed by atoms with Gasteiger partial charge in [0, 0.05) is 42.8 Å². The first-order chi connectivity index (χ1) is 14.7. The first-order valence-electron chi connectivity index (χ1n) is 9.54. The number of carbonyl (C=O) groups excluding carboxylic acids is 2. The molecule has 1 saturated heterocycles. The minimum atomic E-state index is -0.801. The van der Waals surface area contributed by atoms with Crippen molar-refractivity contribution in [2.45, 2.75) is 13.0 Å². The van der Waals surface area contributed by atoms with Gasteiger partial charge in [0.05, 0.1) is 17.6 Å². The maximum atomic E-state index is 14.1. The Bertz CT molecular complexity index is 1010. The molecule has 31 heavy (non-hydrogen) atoms. The van der Waals surface area contributed by atoms with Crippen LogP contribution in [0, 0.1) is 22.9 Å². The normalized spacial score (nSPS) is 15.4. The number of nitro benzene ring substituents is 1. The van der Waals surface area contributed by atoms with E-state index in [4.69, 9.17) is 16.3 Å². The van der Waals surface area contributed by atoms with Gasteiger partial charge in [-0.2, -0.15) is 0 Å². The highest BCUT2D eigenvalue weighted by Crippen LogP contribution is 2.27. The average molecular weight is 450 g/mol. The van der Waals surface area contributed by atoms with E-state index in [-0.39, 0.29) is 24.2 Å². The van der Waals surface area contributed by atoms with Gasteiger partial charge in [-0.3, -0.25) is 19.8 Å². The molecule has 0 radical (unpaired) electrons. The molecule has 10 heteroatoms. The van der Waals surface area contributed by atoms with Crippen LogP contribution in [0.4, 0.5) is 10.1 Å². The van der Waals surface area contributed by atoms with Crippen LogP contribution in [0.3, 0.4) is 0 Å². The third-order valence-corrected chi connectivity index (χ3v) is 5.59. The van der Waals surface area contributed by atoms with Crippen molar-refractivity contribution < 1.29 is 23.6 Å². The Hall–Kier alpha value is -3.04. The third-order valence-electron chi connectivity index (χ3n) is 5.34.